The summed E-state index contributed by atoms with van der Waals surface area (Å²) in [5, 5.41) is 3.45. The lowest BCUT2D eigenvalue weighted by Gasteiger charge is -2.35. The van der Waals surface area contributed by atoms with Crippen molar-refractivity contribution in [2.75, 3.05) is 32.5 Å². The molecule has 144 valence electrons. The van der Waals surface area contributed by atoms with E-state index in [1.165, 1.54) is 17.5 Å². The van der Waals surface area contributed by atoms with Crippen molar-refractivity contribution in [2.24, 2.45) is 11.8 Å². The molecule has 1 N–H and O–H groups in total. The Balaban J connectivity index is 2.02. The average molecular weight is 358 g/mol. The molecule has 26 heavy (non-hydrogen) atoms. The minimum absolute atomic E-state index is 0.133. The Hall–Kier alpha value is -1.81. The lowest BCUT2D eigenvalue weighted by atomic mass is 9.91. The number of allylic oxidation sites excluding steroid dienone is 1. The summed E-state index contributed by atoms with van der Waals surface area (Å²) in [5.74, 6) is 1.65. The van der Waals surface area contributed by atoms with Crippen LogP contribution in [0.5, 0.6) is 0 Å². The summed E-state index contributed by atoms with van der Waals surface area (Å²) in [7, 11) is 3.58. The van der Waals surface area contributed by atoms with E-state index < -0.39 is 0 Å². The van der Waals surface area contributed by atoms with E-state index in [2.05, 4.69) is 55.8 Å². The molecule has 0 spiro atoms. The van der Waals surface area contributed by atoms with Gasteiger partial charge in [-0.1, -0.05) is 38.1 Å². The third kappa shape index (κ3) is 6.17. The molecule has 1 saturated heterocycles. The van der Waals surface area contributed by atoms with Crippen molar-refractivity contribution in [3.8, 4) is 0 Å². The molecule has 1 aliphatic heterocycles. The number of rotatable bonds is 7. The number of carbonyl (C=O) groups excluding carboxylic acids is 1. The molecular formula is C22H35N3O. The van der Waals surface area contributed by atoms with Crippen LogP contribution in [0.2, 0.25) is 0 Å². The molecule has 4 nitrogen and oxygen atoms in total. The van der Waals surface area contributed by atoms with Gasteiger partial charge in [-0.3, -0.25) is 9.69 Å². The number of amides is 1. The fourth-order valence-corrected chi connectivity index (χ4v) is 3.87. The zero-order chi connectivity index (χ0) is 19.3. The number of anilines is 1. The Morgan fingerprint density at radius 3 is 2.50 bits per heavy atom. The molecule has 4 heteroatoms. The second kappa shape index (κ2) is 9.22. The molecule has 1 aromatic rings. The van der Waals surface area contributed by atoms with Gasteiger partial charge in [0.2, 0.25) is 5.91 Å². The summed E-state index contributed by atoms with van der Waals surface area (Å²) in [4.78, 5) is 16.0. The van der Waals surface area contributed by atoms with Crippen LogP contribution in [0.3, 0.4) is 0 Å². The van der Waals surface area contributed by atoms with E-state index in [4.69, 9.17) is 0 Å². The first kappa shape index (κ1) is 20.5. The molecule has 1 aromatic carbocycles. The first-order valence-electron chi connectivity index (χ1n) is 9.71. The van der Waals surface area contributed by atoms with Gasteiger partial charge in [-0.15, -0.1) is 0 Å². The van der Waals surface area contributed by atoms with Crippen molar-refractivity contribution in [1.82, 2.24) is 9.80 Å². The molecule has 1 amide bonds. The maximum absolute atomic E-state index is 11.8. The maximum atomic E-state index is 11.8. The van der Waals surface area contributed by atoms with E-state index in [-0.39, 0.29) is 5.91 Å². The lowest BCUT2D eigenvalue weighted by molar-refractivity contribution is -0.128. The summed E-state index contributed by atoms with van der Waals surface area (Å²) in [6, 6.07) is 6.54. The quantitative estimate of drug-likeness (QED) is 0.792. The zero-order valence-corrected chi connectivity index (χ0v) is 17.1. The number of hydrogen-bond acceptors (Lipinski definition) is 3. The number of piperidine rings is 1. The molecular weight excluding hydrogens is 322 g/mol. The number of hydrogen-bond donors (Lipinski definition) is 1. The molecule has 0 radical (unpaired) electrons. The van der Waals surface area contributed by atoms with Crippen molar-refractivity contribution in [1.29, 1.82) is 0 Å². The summed E-state index contributed by atoms with van der Waals surface area (Å²) in [6.45, 7) is 14.2. The summed E-state index contributed by atoms with van der Waals surface area (Å²) in [6.07, 6.45) is 2.47. The molecule has 2 rings (SSSR count). The smallest absolute Gasteiger partial charge is 0.222 e. The third-order valence-corrected chi connectivity index (χ3v) is 5.05. The molecule has 0 aromatic heterocycles. The highest BCUT2D eigenvalue weighted by Gasteiger charge is 2.22. The first-order chi connectivity index (χ1) is 12.2. The highest BCUT2D eigenvalue weighted by molar-refractivity contribution is 5.75. The predicted molar refractivity (Wildman–Crippen MR) is 110 cm³/mol. The van der Waals surface area contributed by atoms with Gasteiger partial charge in [-0.25, -0.2) is 0 Å². The van der Waals surface area contributed by atoms with Crippen molar-refractivity contribution in [3.63, 3.8) is 0 Å². The fraction of sp³-hybridized carbons (Fsp3) is 0.591. The SMILES string of the molecule is C=C(CCC(=O)N(C)C)Nc1ccc(C)cc1CN1C[C@H](C)C[C@H](C)C1. The topological polar surface area (TPSA) is 35.6 Å². The van der Waals surface area contributed by atoms with Crippen LogP contribution in [0.25, 0.3) is 0 Å². The van der Waals surface area contributed by atoms with Gasteiger partial charge in [0, 0.05) is 51.5 Å². The standard InChI is InChI=1S/C22H35N3O/c1-16-7-9-21(23-19(4)8-10-22(26)24(5)6)20(12-16)15-25-13-17(2)11-18(3)14-25/h7,9,12,17-18,23H,4,8,10-11,13-15H2,1-3,5-6H3/t17-,18+. The van der Waals surface area contributed by atoms with E-state index in [9.17, 15) is 4.79 Å². The number of aryl methyl sites for hydroxylation is 1. The van der Waals surface area contributed by atoms with E-state index in [0.29, 0.717) is 12.8 Å². The molecule has 1 aliphatic rings. The summed E-state index contributed by atoms with van der Waals surface area (Å²) in [5.41, 5.74) is 4.60. The number of carbonyl (C=O) groups is 1. The van der Waals surface area contributed by atoms with Crippen molar-refractivity contribution >= 4 is 11.6 Å². The van der Waals surface area contributed by atoms with Crippen molar-refractivity contribution in [3.05, 3.63) is 41.6 Å². The highest BCUT2D eigenvalue weighted by atomic mass is 16.2. The number of likely N-dealkylation sites (tertiary alicyclic amines) is 1. The van der Waals surface area contributed by atoms with Crippen LogP contribution in [0.1, 0.15) is 44.2 Å². The van der Waals surface area contributed by atoms with E-state index >= 15 is 0 Å². The minimum Gasteiger partial charge on any atom is -0.359 e. The van der Waals surface area contributed by atoms with Crippen LogP contribution in [-0.4, -0.2) is 42.9 Å². The van der Waals surface area contributed by atoms with E-state index in [1.807, 2.05) is 0 Å². The van der Waals surface area contributed by atoms with Gasteiger partial charge in [-0.05, 0) is 43.2 Å². The summed E-state index contributed by atoms with van der Waals surface area (Å²) >= 11 is 0. The van der Waals surface area contributed by atoms with Gasteiger partial charge in [-0.2, -0.15) is 0 Å². The Morgan fingerprint density at radius 1 is 1.23 bits per heavy atom. The molecule has 0 saturated carbocycles. The lowest BCUT2D eigenvalue weighted by Crippen LogP contribution is -2.38. The average Bonchev–Trinajstić information content (AvgIpc) is 2.54. The van der Waals surface area contributed by atoms with Gasteiger partial charge in [0.05, 0.1) is 0 Å². The number of nitrogens with one attached hydrogen (secondary N) is 1. The predicted octanol–water partition coefficient (Wildman–Crippen LogP) is 4.27. The molecule has 0 unspecified atom stereocenters. The Kier molecular flexibility index (Phi) is 7.27. The van der Waals surface area contributed by atoms with Crippen LogP contribution in [0, 0.1) is 18.8 Å². The van der Waals surface area contributed by atoms with E-state index in [0.717, 1.165) is 42.9 Å². The Morgan fingerprint density at radius 2 is 1.88 bits per heavy atom. The van der Waals surface area contributed by atoms with Gasteiger partial charge in [0.25, 0.3) is 0 Å². The minimum atomic E-state index is 0.133. The monoisotopic (exact) mass is 357 g/mol. The van der Waals surface area contributed by atoms with Crippen molar-refractivity contribution < 1.29 is 4.79 Å². The third-order valence-electron chi connectivity index (χ3n) is 5.05. The Bertz CT molecular complexity index is 628. The number of benzene rings is 1. The number of nitrogens with zero attached hydrogens (tertiary/aromatic N) is 2. The van der Waals surface area contributed by atoms with Gasteiger partial charge in [0.1, 0.15) is 0 Å². The molecule has 0 bridgehead atoms. The van der Waals surface area contributed by atoms with Gasteiger partial charge < -0.3 is 10.2 Å². The van der Waals surface area contributed by atoms with Crippen LogP contribution < -0.4 is 5.32 Å². The second-order valence-corrected chi connectivity index (χ2v) is 8.32. The molecule has 1 fully saturated rings. The van der Waals surface area contributed by atoms with Crippen molar-refractivity contribution in [2.45, 2.75) is 46.6 Å². The largest absolute Gasteiger partial charge is 0.359 e. The molecule has 2 atom stereocenters. The fourth-order valence-electron chi connectivity index (χ4n) is 3.87. The van der Waals surface area contributed by atoms with Crippen LogP contribution in [0.15, 0.2) is 30.5 Å². The van der Waals surface area contributed by atoms with E-state index in [1.54, 1.807) is 19.0 Å². The van der Waals surface area contributed by atoms with Gasteiger partial charge in [0.15, 0.2) is 0 Å². The van der Waals surface area contributed by atoms with Crippen LogP contribution >= 0.6 is 0 Å². The molecule has 1 heterocycles. The highest BCUT2D eigenvalue weighted by Crippen LogP contribution is 2.26. The first-order valence-corrected chi connectivity index (χ1v) is 9.71. The maximum Gasteiger partial charge on any atom is 0.222 e. The van der Waals surface area contributed by atoms with Crippen LogP contribution in [0.4, 0.5) is 5.69 Å². The van der Waals surface area contributed by atoms with Crippen LogP contribution in [-0.2, 0) is 11.3 Å². The summed E-state index contributed by atoms with van der Waals surface area (Å²) < 4.78 is 0. The van der Waals surface area contributed by atoms with Gasteiger partial charge >= 0.3 is 0 Å². The second-order valence-electron chi connectivity index (χ2n) is 8.32. The normalized spacial score (nSPS) is 20.7. The molecule has 0 aliphatic carbocycles. The Labute approximate surface area is 159 Å². The zero-order valence-electron chi connectivity index (χ0n) is 17.1.